The molecule has 10 nitrogen and oxygen atoms in total. The summed E-state index contributed by atoms with van der Waals surface area (Å²) < 4.78 is 29.8. The number of nitrogens with two attached hydrogens (primary N) is 1. The highest BCUT2D eigenvalue weighted by molar-refractivity contribution is 7.92. The minimum atomic E-state index is -3.94. The Morgan fingerprint density at radius 2 is 1.60 bits per heavy atom. The molecule has 2 aliphatic rings. The molecule has 222 valence electrons. The molecule has 43 heavy (non-hydrogen) atoms. The molecule has 2 N–H and O–H groups in total. The van der Waals surface area contributed by atoms with Crippen molar-refractivity contribution < 1.29 is 18.0 Å². The van der Waals surface area contributed by atoms with Gasteiger partial charge in [0.2, 0.25) is 11.9 Å². The maximum atomic E-state index is 14.4. The lowest BCUT2D eigenvalue weighted by Gasteiger charge is -2.29. The molecule has 3 heterocycles. The quantitative estimate of drug-likeness (QED) is 0.297. The highest BCUT2D eigenvalue weighted by Crippen LogP contribution is 2.45. The number of rotatable bonds is 7. The number of imidazole rings is 1. The predicted octanol–water partition coefficient (Wildman–Crippen LogP) is 5.10. The first-order valence-corrected chi connectivity index (χ1v) is 16.1. The van der Waals surface area contributed by atoms with E-state index in [4.69, 9.17) is 28.9 Å². The fourth-order valence-corrected chi connectivity index (χ4v) is 8.61. The van der Waals surface area contributed by atoms with Crippen LogP contribution < -0.4 is 10.6 Å². The molecule has 1 saturated carbocycles. The van der Waals surface area contributed by atoms with Crippen LogP contribution in [0.5, 0.6) is 0 Å². The molecule has 2 aromatic heterocycles. The van der Waals surface area contributed by atoms with Crippen molar-refractivity contribution in [2.45, 2.75) is 54.8 Å². The third-order valence-electron chi connectivity index (χ3n) is 8.38. The minimum absolute atomic E-state index is 0.0467. The molecule has 1 atom stereocenters. The van der Waals surface area contributed by atoms with Crippen LogP contribution in [0.4, 0.5) is 11.6 Å². The summed E-state index contributed by atoms with van der Waals surface area (Å²) in [4.78, 5) is 40.0. The van der Waals surface area contributed by atoms with E-state index in [1.807, 2.05) is 24.3 Å². The first-order valence-electron chi connectivity index (χ1n) is 13.8. The van der Waals surface area contributed by atoms with Gasteiger partial charge in [-0.1, -0.05) is 47.5 Å². The first kappa shape index (κ1) is 29.3. The van der Waals surface area contributed by atoms with E-state index in [2.05, 4.69) is 15.0 Å². The van der Waals surface area contributed by atoms with Crippen LogP contribution in [0.1, 0.15) is 38.2 Å². The monoisotopic (exact) mass is 638 g/mol. The maximum Gasteiger partial charge on any atom is 0.260 e. The second kappa shape index (κ2) is 11.0. The molecule has 0 spiro atoms. The standard InChI is InChI=1S/C30H28Cl2N6O4S/c1-30(13-18-2-4-19(5-3-18)21-14-34-17-35-15-21)28(40)37(24-11-22(31)10-23(32)12-24)29-36-16-26(38(29)30)43(41,42)25-8-6-20(7-9-25)27(33)39/h2-5,10-12,14-17,20,25H,6-9,13H2,1H3,(H2,33,39)/t20?,25?,30-/m1/s1. The molecule has 0 bridgehead atoms. The van der Waals surface area contributed by atoms with Crippen molar-refractivity contribution in [2.75, 3.05) is 4.90 Å². The van der Waals surface area contributed by atoms with Crippen LogP contribution >= 0.6 is 23.2 Å². The Labute approximate surface area is 258 Å². The van der Waals surface area contributed by atoms with E-state index in [0.717, 1.165) is 16.7 Å². The van der Waals surface area contributed by atoms with E-state index >= 15 is 0 Å². The van der Waals surface area contributed by atoms with Gasteiger partial charge >= 0.3 is 0 Å². The number of aromatic nitrogens is 4. The number of amides is 2. The van der Waals surface area contributed by atoms with Crippen molar-refractivity contribution in [1.82, 2.24) is 19.5 Å². The Bertz CT molecular complexity index is 1800. The van der Waals surface area contributed by atoms with Gasteiger partial charge in [0.1, 0.15) is 11.9 Å². The highest BCUT2D eigenvalue weighted by Gasteiger charge is 2.52. The zero-order chi connectivity index (χ0) is 30.5. The van der Waals surface area contributed by atoms with Gasteiger partial charge in [0.25, 0.3) is 5.91 Å². The van der Waals surface area contributed by atoms with Crippen LogP contribution in [0.15, 0.2) is 72.4 Å². The molecule has 2 amide bonds. The molecule has 13 heteroatoms. The molecule has 1 aliphatic carbocycles. The third kappa shape index (κ3) is 5.19. The van der Waals surface area contributed by atoms with Crippen molar-refractivity contribution in [1.29, 1.82) is 0 Å². The van der Waals surface area contributed by atoms with Gasteiger partial charge < -0.3 is 5.73 Å². The van der Waals surface area contributed by atoms with Gasteiger partial charge in [-0.05, 0) is 61.9 Å². The molecule has 1 fully saturated rings. The van der Waals surface area contributed by atoms with Crippen molar-refractivity contribution >= 4 is 56.5 Å². The highest BCUT2D eigenvalue weighted by atomic mass is 35.5. The third-order valence-corrected chi connectivity index (χ3v) is 11.0. The number of carbonyl (C=O) groups excluding carboxylic acids is 2. The lowest BCUT2D eigenvalue weighted by atomic mass is 9.88. The Hall–Kier alpha value is -3.80. The van der Waals surface area contributed by atoms with Crippen LogP contribution in [0, 0.1) is 5.92 Å². The molecule has 6 rings (SSSR count). The van der Waals surface area contributed by atoms with Crippen molar-refractivity contribution in [3.05, 3.63) is 83.0 Å². The van der Waals surface area contributed by atoms with Gasteiger partial charge in [0.05, 0.1) is 17.1 Å². The molecule has 0 unspecified atom stereocenters. The van der Waals surface area contributed by atoms with E-state index in [0.29, 0.717) is 41.4 Å². The van der Waals surface area contributed by atoms with Crippen LogP contribution in [-0.2, 0) is 31.4 Å². The Morgan fingerprint density at radius 1 is 0.977 bits per heavy atom. The molecule has 0 radical (unpaired) electrons. The summed E-state index contributed by atoms with van der Waals surface area (Å²) >= 11 is 12.6. The number of anilines is 2. The lowest BCUT2D eigenvalue weighted by molar-refractivity contribution is -0.124. The SMILES string of the molecule is C[C@@]1(Cc2ccc(-c3cncnc3)cc2)C(=O)N(c2cc(Cl)cc(Cl)c2)c2ncc(S(=O)(=O)C3CCC(C(N)=O)CC3)n21. The van der Waals surface area contributed by atoms with Crippen LogP contribution in [0.25, 0.3) is 11.1 Å². The maximum absolute atomic E-state index is 14.4. The number of sulfone groups is 1. The number of benzene rings is 2. The summed E-state index contributed by atoms with van der Waals surface area (Å²) in [5.41, 5.74) is 7.06. The van der Waals surface area contributed by atoms with E-state index in [1.165, 1.54) is 22.0 Å². The zero-order valence-corrected chi connectivity index (χ0v) is 25.5. The Kier molecular flexibility index (Phi) is 7.52. The van der Waals surface area contributed by atoms with E-state index in [9.17, 15) is 18.0 Å². The molecule has 2 aromatic carbocycles. The van der Waals surface area contributed by atoms with Crippen molar-refractivity contribution in [3.8, 4) is 11.1 Å². The average molecular weight is 640 g/mol. The van der Waals surface area contributed by atoms with Gasteiger partial charge in [-0.3, -0.25) is 14.2 Å². The number of carbonyl (C=O) groups is 2. The topological polar surface area (TPSA) is 141 Å². The molecular weight excluding hydrogens is 611 g/mol. The van der Waals surface area contributed by atoms with Gasteiger partial charge in [0, 0.05) is 40.3 Å². The molecule has 0 saturated heterocycles. The summed E-state index contributed by atoms with van der Waals surface area (Å²) in [6.07, 6.45) is 7.74. The summed E-state index contributed by atoms with van der Waals surface area (Å²) in [5, 5.41) is -0.136. The number of hydrogen-bond acceptors (Lipinski definition) is 7. The number of halogens is 2. The summed E-state index contributed by atoms with van der Waals surface area (Å²) in [6.45, 7) is 1.72. The normalized spacial score (nSPS) is 22.0. The van der Waals surface area contributed by atoms with Crippen LogP contribution in [0.3, 0.4) is 0 Å². The van der Waals surface area contributed by atoms with Gasteiger partial charge in [-0.25, -0.2) is 28.3 Å². The zero-order valence-electron chi connectivity index (χ0n) is 23.2. The van der Waals surface area contributed by atoms with E-state index in [-0.39, 0.29) is 29.2 Å². The largest absolute Gasteiger partial charge is 0.369 e. The summed E-state index contributed by atoms with van der Waals surface area (Å²) in [7, 11) is -3.94. The van der Waals surface area contributed by atoms with Crippen LogP contribution in [0.2, 0.25) is 10.0 Å². The summed E-state index contributed by atoms with van der Waals surface area (Å²) in [5.74, 6) is -0.972. The second-order valence-electron chi connectivity index (χ2n) is 11.2. The number of primary amides is 1. The Morgan fingerprint density at radius 3 is 2.21 bits per heavy atom. The second-order valence-corrected chi connectivity index (χ2v) is 14.2. The smallest absolute Gasteiger partial charge is 0.260 e. The summed E-state index contributed by atoms with van der Waals surface area (Å²) in [6, 6.07) is 12.4. The first-order chi connectivity index (χ1) is 20.5. The average Bonchev–Trinajstić information content (AvgIpc) is 3.51. The van der Waals surface area contributed by atoms with E-state index < -0.39 is 26.5 Å². The van der Waals surface area contributed by atoms with Gasteiger partial charge in [-0.2, -0.15) is 0 Å². The fraction of sp³-hybridized carbons (Fsp3) is 0.300. The minimum Gasteiger partial charge on any atom is -0.369 e. The fourth-order valence-electron chi connectivity index (χ4n) is 6.12. The lowest BCUT2D eigenvalue weighted by Crippen LogP contribution is -2.42. The Balaban J connectivity index is 1.42. The van der Waals surface area contributed by atoms with Gasteiger partial charge in [0.15, 0.2) is 14.9 Å². The van der Waals surface area contributed by atoms with Crippen molar-refractivity contribution in [3.63, 3.8) is 0 Å². The number of hydrogen-bond donors (Lipinski definition) is 1. The molecule has 1 aliphatic heterocycles. The van der Waals surface area contributed by atoms with Gasteiger partial charge in [-0.15, -0.1) is 0 Å². The number of fused-ring (bicyclic) bond motifs is 1. The predicted molar refractivity (Wildman–Crippen MR) is 163 cm³/mol. The molecular formula is C30H28Cl2N6O4S. The van der Waals surface area contributed by atoms with Crippen LogP contribution in [-0.4, -0.2) is 45.0 Å². The number of nitrogens with zero attached hydrogens (tertiary/aromatic N) is 5. The van der Waals surface area contributed by atoms with Crippen molar-refractivity contribution in [2.24, 2.45) is 11.7 Å². The van der Waals surface area contributed by atoms with E-state index in [1.54, 1.807) is 37.5 Å². The molecule has 4 aromatic rings.